The summed E-state index contributed by atoms with van der Waals surface area (Å²) in [6.07, 6.45) is 1.25. The van der Waals surface area contributed by atoms with Crippen molar-refractivity contribution in [2.24, 2.45) is 5.73 Å². The molecule has 0 fully saturated rings. The summed E-state index contributed by atoms with van der Waals surface area (Å²) in [5.41, 5.74) is 5.61. The molecule has 1 aromatic rings. The smallest absolute Gasteiger partial charge is 0.326 e. The lowest BCUT2D eigenvalue weighted by Gasteiger charge is -2.15. The zero-order chi connectivity index (χ0) is 18.1. The number of halogens is 1. The van der Waals surface area contributed by atoms with Gasteiger partial charge in [-0.15, -0.1) is 0 Å². The highest BCUT2D eigenvalue weighted by atomic mass is 19.1. The van der Waals surface area contributed by atoms with Crippen molar-refractivity contribution in [3.8, 4) is 0 Å². The van der Waals surface area contributed by atoms with Crippen molar-refractivity contribution in [3.63, 3.8) is 0 Å². The van der Waals surface area contributed by atoms with Crippen LogP contribution in [0.3, 0.4) is 0 Å². The zero-order valence-corrected chi connectivity index (χ0v) is 13.5. The summed E-state index contributed by atoms with van der Waals surface area (Å²) < 4.78 is 13.5. The molecule has 5 N–H and O–H groups in total. The van der Waals surface area contributed by atoms with Gasteiger partial charge >= 0.3 is 5.97 Å². The highest BCUT2D eigenvalue weighted by Gasteiger charge is 2.20. The van der Waals surface area contributed by atoms with E-state index in [-0.39, 0.29) is 24.4 Å². The van der Waals surface area contributed by atoms with Crippen LogP contribution in [-0.4, -0.2) is 42.0 Å². The Labute approximate surface area is 139 Å². The molecule has 0 bridgehead atoms. The van der Waals surface area contributed by atoms with Crippen molar-refractivity contribution in [1.29, 1.82) is 0 Å². The second-order valence-electron chi connectivity index (χ2n) is 5.38. The van der Waals surface area contributed by atoms with Crippen molar-refractivity contribution in [3.05, 3.63) is 35.1 Å². The van der Waals surface area contributed by atoms with Crippen LogP contribution in [0.4, 0.5) is 4.39 Å². The van der Waals surface area contributed by atoms with Gasteiger partial charge in [-0.1, -0.05) is 6.07 Å². The van der Waals surface area contributed by atoms with Gasteiger partial charge in [-0.05, 0) is 43.9 Å². The summed E-state index contributed by atoms with van der Waals surface area (Å²) >= 11 is 0. The lowest BCUT2D eigenvalue weighted by Crippen LogP contribution is -2.41. The van der Waals surface area contributed by atoms with Gasteiger partial charge in [-0.25, -0.2) is 9.18 Å². The molecule has 1 aromatic carbocycles. The fourth-order valence-corrected chi connectivity index (χ4v) is 2.01. The first-order valence-corrected chi connectivity index (χ1v) is 7.61. The van der Waals surface area contributed by atoms with Crippen LogP contribution < -0.4 is 16.4 Å². The van der Waals surface area contributed by atoms with Gasteiger partial charge < -0.3 is 21.5 Å². The molecule has 8 heteroatoms. The number of nitrogens with one attached hydrogen (secondary N) is 2. The van der Waals surface area contributed by atoms with E-state index in [9.17, 15) is 23.9 Å². The normalized spacial score (nSPS) is 11.6. The molecule has 24 heavy (non-hydrogen) atoms. The van der Waals surface area contributed by atoms with Crippen LogP contribution in [0.1, 0.15) is 35.2 Å². The standard InChI is InChI=1S/C16H22FN3O4/c1-10-5-6-11(8-12(10)17)15(22)20-13(16(23)24)4-2-3-7-19-14(21)9-18/h5-6,8,13H,2-4,7,9,18H2,1H3,(H,19,21)(H,20,22)(H,23,24)/t13-/m0/s1. The number of benzene rings is 1. The molecule has 0 unspecified atom stereocenters. The molecule has 0 aliphatic rings. The maximum absolute atomic E-state index is 13.5. The van der Waals surface area contributed by atoms with Gasteiger partial charge in [0.1, 0.15) is 11.9 Å². The summed E-state index contributed by atoms with van der Waals surface area (Å²) in [6.45, 7) is 1.86. The number of hydrogen-bond acceptors (Lipinski definition) is 4. The van der Waals surface area contributed by atoms with E-state index in [2.05, 4.69) is 10.6 Å². The molecule has 0 spiro atoms. The fraction of sp³-hybridized carbons (Fsp3) is 0.438. The Morgan fingerprint density at radius 1 is 1.29 bits per heavy atom. The van der Waals surface area contributed by atoms with Gasteiger partial charge in [-0.2, -0.15) is 0 Å². The van der Waals surface area contributed by atoms with E-state index in [4.69, 9.17) is 5.73 Å². The van der Waals surface area contributed by atoms with Gasteiger partial charge in [0.15, 0.2) is 0 Å². The third kappa shape index (κ3) is 6.33. The Morgan fingerprint density at radius 2 is 2.00 bits per heavy atom. The summed E-state index contributed by atoms with van der Waals surface area (Å²) in [4.78, 5) is 34.2. The molecule has 0 heterocycles. The topological polar surface area (TPSA) is 122 Å². The van der Waals surface area contributed by atoms with E-state index in [1.54, 1.807) is 6.92 Å². The van der Waals surface area contributed by atoms with Crippen molar-refractivity contribution in [2.45, 2.75) is 32.2 Å². The van der Waals surface area contributed by atoms with E-state index in [0.29, 0.717) is 24.9 Å². The van der Waals surface area contributed by atoms with Crippen LogP contribution in [-0.2, 0) is 9.59 Å². The largest absolute Gasteiger partial charge is 0.480 e. The van der Waals surface area contributed by atoms with Crippen molar-refractivity contribution < 1.29 is 23.9 Å². The molecule has 0 saturated carbocycles. The Balaban J connectivity index is 2.50. The first kappa shape index (κ1) is 19.6. The van der Waals surface area contributed by atoms with Crippen molar-refractivity contribution >= 4 is 17.8 Å². The number of rotatable bonds is 9. The summed E-state index contributed by atoms with van der Waals surface area (Å²) in [5.74, 6) is -2.61. The molecule has 0 aliphatic carbocycles. The second-order valence-corrected chi connectivity index (χ2v) is 5.38. The van der Waals surface area contributed by atoms with E-state index in [1.165, 1.54) is 12.1 Å². The van der Waals surface area contributed by atoms with Crippen LogP contribution in [0.15, 0.2) is 18.2 Å². The maximum Gasteiger partial charge on any atom is 0.326 e. The molecule has 1 rings (SSSR count). The second kappa shape index (κ2) is 9.61. The SMILES string of the molecule is Cc1ccc(C(=O)N[C@@H](CCCCNC(=O)CN)C(=O)O)cc1F. The highest BCUT2D eigenvalue weighted by Crippen LogP contribution is 2.10. The first-order chi connectivity index (χ1) is 11.3. The summed E-state index contributed by atoms with van der Waals surface area (Å²) in [7, 11) is 0. The van der Waals surface area contributed by atoms with Gasteiger partial charge in [0, 0.05) is 12.1 Å². The molecular formula is C16H22FN3O4. The molecule has 0 aliphatic heterocycles. The minimum absolute atomic E-state index is 0.0690. The number of aryl methyl sites for hydroxylation is 1. The van der Waals surface area contributed by atoms with Crippen LogP contribution in [0.25, 0.3) is 0 Å². The van der Waals surface area contributed by atoms with Gasteiger partial charge in [0.05, 0.1) is 6.54 Å². The summed E-state index contributed by atoms with van der Waals surface area (Å²) in [5, 5.41) is 14.1. The number of unbranched alkanes of at least 4 members (excludes halogenated alkanes) is 1. The summed E-state index contributed by atoms with van der Waals surface area (Å²) in [6, 6.07) is 2.90. The van der Waals surface area contributed by atoms with Crippen LogP contribution in [0, 0.1) is 12.7 Å². The third-order valence-corrected chi connectivity index (χ3v) is 3.46. The van der Waals surface area contributed by atoms with Crippen molar-refractivity contribution in [1.82, 2.24) is 10.6 Å². The molecular weight excluding hydrogens is 317 g/mol. The molecule has 1 atom stereocenters. The number of hydrogen-bond donors (Lipinski definition) is 4. The number of amides is 2. The molecule has 0 saturated heterocycles. The number of carboxylic acid groups (broad SMARTS) is 1. The quantitative estimate of drug-likeness (QED) is 0.490. The Morgan fingerprint density at radius 3 is 2.58 bits per heavy atom. The lowest BCUT2D eigenvalue weighted by molar-refractivity contribution is -0.139. The zero-order valence-electron chi connectivity index (χ0n) is 13.5. The predicted molar refractivity (Wildman–Crippen MR) is 85.9 cm³/mol. The highest BCUT2D eigenvalue weighted by molar-refractivity contribution is 5.96. The lowest BCUT2D eigenvalue weighted by atomic mass is 10.1. The number of carbonyl (C=O) groups excluding carboxylic acids is 2. The molecule has 132 valence electrons. The first-order valence-electron chi connectivity index (χ1n) is 7.61. The average Bonchev–Trinajstić information content (AvgIpc) is 2.55. The van der Waals surface area contributed by atoms with E-state index >= 15 is 0 Å². The molecule has 7 nitrogen and oxygen atoms in total. The van der Waals surface area contributed by atoms with Crippen molar-refractivity contribution in [2.75, 3.05) is 13.1 Å². The van der Waals surface area contributed by atoms with Gasteiger partial charge in [0.25, 0.3) is 5.91 Å². The van der Waals surface area contributed by atoms with Crippen LogP contribution in [0.5, 0.6) is 0 Å². The Hall–Kier alpha value is -2.48. The average molecular weight is 339 g/mol. The van der Waals surface area contributed by atoms with Gasteiger partial charge in [0.2, 0.25) is 5.91 Å². The number of nitrogens with two attached hydrogens (primary N) is 1. The van der Waals surface area contributed by atoms with E-state index in [0.717, 1.165) is 6.07 Å². The minimum atomic E-state index is -1.16. The Kier molecular flexibility index (Phi) is 7.84. The van der Waals surface area contributed by atoms with Crippen LogP contribution >= 0.6 is 0 Å². The molecule has 0 aromatic heterocycles. The monoisotopic (exact) mass is 339 g/mol. The van der Waals surface area contributed by atoms with Crippen LogP contribution in [0.2, 0.25) is 0 Å². The number of carbonyl (C=O) groups is 3. The maximum atomic E-state index is 13.5. The Bertz CT molecular complexity index is 607. The minimum Gasteiger partial charge on any atom is -0.480 e. The van der Waals surface area contributed by atoms with E-state index in [1.807, 2.05) is 0 Å². The fourth-order valence-electron chi connectivity index (χ4n) is 2.01. The molecule has 2 amide bonds. The number of carboxylic acids is 1. The van der Waals surface area contributed by atoms with Gasteiger partial charge in [-0.3, -0.25) is 9.59 Å². The third-order valence-electron chi connectivity index (χ3n) is 3.46. The van der Waals surface area contributed by atoms with E-state index < -0.39 is 23.7 Å². The number of aliphatic carboxylic acids is 1. The predicted octanol–water partition coefficient (Wildman–Crippen LogP) is 0.562. The molecule has 0 radical (unpaired) electrons.